The molecule has 1 aliphatic rings. The Balaban J connectivity index is 2.21. The Labute approximate surface area is 201 Å². The van der Waals surface area contributed by atoms with E-state index < -0.39 is 28.6 Å². The predicted molar refractivity (Wildman–Crippen MR) is 130 cm³/mol. The highest BCUT2D eigenvalue weighted by Crippen LogP contribution is 2.53. The second-order valence-electron chi connectivity index (χ2n) is 9.20. The summed E-state index contributed by atoms with van der Waals surface area (Å²) in [5.74, 6) is -0.411. The van der Waals surface area contributed by atoms with Crippen molar-refractivity contribution in [2.45, 2.75) is 41.5 Å². The zero-order valence-corrected chi connectivity index (χ0v) is 21.2. The fourth-order valence-corrected chi connectivity index (χ4v) is 4.77. The highest BCUT2D eigenvalue weighted by atomic mass is 35.5. The Morgan fingerprint density at radius 2 is 1.69 bits per heavy atom. The summed E-state index contributed by atoms with van der Waals surface area (Å²) in [6, 6.07) is 7.18. The number of Topliss-reactive ketones (excluding diaryl/α,β-unsaturated/α-hetero) is 1. The zero-order valence-electron chi connectivity index (χ0n) is 19.7. The molecule has 0 heterocycles. The summed E-state index contributed by atoms with van der Waals surface area (Å²) >= 11 is 11.7. The lowest BCUT2D eigenvalue weighted by Crippen LogP contribution is -2.55. The molecule has 32 heavy (non-hydrogen) atoms. The molecule has 0 aromatic heterocycles. The summed E-state index contributed by atoms with van der Waals surface area (Å²) in [4.78, 5) is 40.8. The van der Waals surface area contributed by atoms with Crippen LogP contribution >= 0.6 is 23.2 Å². The summed E-state index contributed by atoms with van der Waals surface area (Å²) in [5, 5.41) is 0. The van der Waals surface area contributed by atoms with Crippen LogP contribution in [0.3, 0.4) is 0 Å². The maximum atomic E-state index is 13.0. The molecule has 5 nitrogen and oxygen atoms in total. The Kier molecular flexibility index (Phi) is 8.57. The number of anilines is 1. The van der Waals surface area contributed by atoms with Gasteiger partial charge in [-0.3, -0.25) is 14.4 Å². The number of rotatable bonds is 9. The zero-order chi connectivity index (χ0) is 24.3. The third kappa shape index (κ3) is 4.89. The number of benzene rings is 1. The monoisotopic (exact) mass is 481 g/mol. The highest BCUT2D eigenvalue weighted by Gasteiger charge is 2.57. The van der Waals surface area contributed by atoms with Gasteiger partial charge in [0.25, 0.3) is 0 Å². The van der Waals surface area contributed by atoms with Crippen molar-refractivity contribution in [3.63, 3.8) is 0 Å². The van der Waals surface area contributed by atoms with Crippen molar-refractivity contribution in [2.24, 2.45) is 22.7 Å². The fraction of sp³-hybridized carbons (Fsp3) is 0.560. The van der Waals surface area contributed by atoms with E-state index in [-0.39, 0.29) is 11.6 Å². The standard InChI is InChI=1S/C25H33Cl2NO4/c1-16-15-21(29)25(6,17(2)22(16)30)24(4,5)18(3)23(31)32-20-9-7-19(8-10-20)28(13-11-26)14-12-27/h7-10,15,17-18H,11-14H2,1-6H3. The van der Waals surface area contributed by atoms with Crippen LogP contribution in [0.4, 0.5) is 5.69 Å². The van der Waals surface area contributed by atoms with E-state index in [4.69, 9.17) is 27.9 Å². The summed E-state index contributed by atoms with van der Waals surface area (Å²) < 4.78 is 5.65. The lowest BCUT2D eigenvalue weighted by Gasteiger charge is -2.50. The van der Waals surface area contributed by atoms with Gasteiger partial charge < -0.3 is 9.64 Å². The summed E-state index contributed by atoms with van der Waals surface area (Å²) in [7, 11) is 0. The van der Waals surface area contributed by atoms with Crippen LogP contribution in [0.2, 0.25) is 0 Å². The Morgan fingerprint density at radius 1 is 1.16 bits per heavy atom. The molecule has 3 unspecified atom stereocenters. The van der Waals surface area contributed by atoms with Gasteiger partial charge in [0.15, 0.2) is 11.6 Å². The van der Waals surface area contributed by atoms with Gasteiger partial charge in [-0.15, -0.1) is 23.2 Å². The van der Waals surface area contributed by atoms with E-state index in [0.29, 0.717) is 36.2 Å². The Bertz CT molecular complexity index is 888. The first kappa shape index (κ1) is 26.4. The highest BCUT2D eigenvalue weighted by molar-refractivity contribution is 6.18. The number of hydrogen-bond donors (Lipinski definition) is 0. The average Bonchev–Trinajstić information content (AvgIpc) is 2.76. The second kappa shape index (κ2) is 10.4. The van der Waals surface area contributed by atoms with Crippen LogP contribution in [0.25, 0.3) is 0 Å². The number of carbonyl (C=O) groups is 3. The second-order valence-corrected chi connectivity index (χ2v) is 9.96. The minimum absolute atomic E-state index is 0.0604. The predicted octanol–water partition coefficient (Wildman–Crippen LogP) is 5.28. The maximum absolute atomic E-state index is 13.0. The number of esters is 1. The van der Waals surface area contributed by atoms with Gasteiger partial charge in [0.2, 0.25) is 0 Å². The number of halogens is 2. The van der Waals surface area contributed by atoms with Gasteiger partial charge in [-0.2, -0.15) is 0 Å². The molecule has 0 saturated carbocycles. The van der Waals surface area contributed by atoms with Gasteiger partial charge in [0, 0.05) is 41.9 Å². The van der Waals surface area contributed by atoms with Gasteiger partial charge >= 0.3 is 5.97 Å². The van der Waals surface area contributed by atoms with E-state index >= 15 is 0 Å². The topological polar surface area (TPSA) is 63.7 Å². The molecule has 0 amide bonds. The minimum Gasteiger partial charge on any atom is -0.426 e. The van der Waals surface area contributed by atoms with Crippen LogP contribution in [0.15, 0.2) is 35.9 Å². The fourth-order valence-electron chi connectivity index (χ4n) is 4.36. The van der Waals surface area contributed by atoms with Crippen molar-refractivity contribution in [3.05, 3.63) is 35.9 Å². The van der Waals surface area contributed by atoms with Gasteiger partial charge in [-0.1, -0.05) is 34.6 Å². The molecule has 0 radical (unpaired) electrons. The van der Waals surface area contributed by atoms with E-state index in [1.165, 1.54) is 6.08 Å². The summed E-state index contributed by atoms with van der Waals surface area (Å²) in [6.07, 6.45) is 1.41. The number of hydrogen-bond acceptors (Lipinski definition) is 5. The molecular formula is C25H33Cl2NO4. The Morgan fingerprint density at radius 3 is 2.19 bits per heavy atom. The van der Waals surface area contributed by atoms with E-state index in [2.05, 4.69) is 4.90 Å². The summed E-state index contributed by atoms with van der Waals surface area (Å²) in [5.41, 5.74) is -0.432. The normalized spacial score (nSPS) is 22.4. The largest absolute Gasteiger partial charge is 0.426 e. The van der Waals surface area contributed by atoms with E-state index in [1.807, 2.05) is 26.0 Å². The molecule has 1 aromatic rings. The van der Waals surface area contributed by atoms with Crippen LogP contribution in [0.5, 0.6) is 5.75 Å². The van der Waals surface area contributed by atoms with Gasteiger partial charge in [-0.05, 0) is 48.3 Å². The number of alkyl halides is 2. The molecule has 0 N–H and O–H groups in total. The smallest absolute Gasteiger partial charge is 0.314 e. The van der Waals surface area contributed by atoms with Crippen molar-refractivity contribution in [1.82, 2.24) is 0 Å². The molecule has 2 rings (SSSR count). The molecule has 7 heteroatoms. The molecule has 0 bridgehead atoms. The van der Waals surface area contributed by atoms with E-state index in [9.17, 15) is 14.4 Å². The number of nitrogens with zero attached hydrogens (tertiary/aromatic N) is 1. The van der Waals surface area contributed by atoms with Crippen LogP contribution in [-0.4, -0.2) is 42.4 Å². The quantitative estimate of drug-likeness (QED) is 0.272. The van der Waals surface area contributed by atoms with E-state index in [1.54, 1.807) is 39.8 Å². The molecule has 0 spiro atoms. The molecule has 0 saturated heterocycles. The summed E-state index contributed by atoms with van der Waals surface area (Å²) in [6.45, 7) is 12.0. The molecule has 176 valence electrons. The number of ketones is 2. The van der Waals surface area contributed by atoms with Gasteiger partial charge in [0.05, 0.1) is 5.92 Å². The lowest BCUT2D eigenvalue weighted by atomic mass is 9.51. The van der Waals surface area contributed by atoms with Crippen molar-refractivity contribution in [3.8, 4) is 5.75 Å². The van der Waals surface area contributed by atoms with Crippen molar-refractivity contribution in [2.75, 3.05) is 29.7 Å². The number of ether oxygens (including phenoxy) is 1. The van der Waals surface area contributed by atoms with Crippen LogP contribution in [-0.2, 0) is 14.4 Å². The van der Waals surface area contributed by atoms with Crippen molar-refractivity contribution >= 4 is 46.4 Å². The van der Waals surface area contributed by atoms with Crippen LogP contribution < -0.4 is 9.64 Å². The SMILES string of the molecule is CC1=CC(=O)C(C)(C(C)(C)C(C)C(=O)Oc2ccc(N(CCCl)CCCl)cc2)C(C)C1=O. The molecule has 0 fully saturated rings. The first-order valence-electron chi connectivity index (χ1n) is 10.9. The van der Waals surface area contributed by atoms with Crippen LogP contribution in [0, 0.1) is 22.7 Å². The van der Waals surface area contributed by atoms with Crippen LogP contribution in [0.1, 0.15) is 41.5 Å². The third-order valence-corrected chi connectivity index (χ3v) is 7.75. The average molecular weight is 482 g/mol. The number of carbonyl (C=O) groups excluding carboxylic acids is 3. The first-order valence-corrected chi connectivity index (χ1v) is 11.9. The molecule has 0 aliphatic heterocycles. The Hall–Kier alpha value is -1.85. The van der Waals surface area contributed by atoms with Gasteiger partial charge in [-0.25, -0.2) is 0 Å². The van der Waals surface area contributed by atoms with Crippen molar-refractivity contribution < 1.29 is 19.1 Å². The molecule has 1 aliphatic carbocycles. The third-order valence-electron chi connectivity index (χ3n) is 7.41. The minimum atomic E-state index is -1.02. The number of allylic oxidation sites excluding steroid dienone is 2. The van der Waals surface area contributed by atoms with Gasteiger partial charge in [0.1, 0.15) is 5.75 Å². The molecule has 1 aromatic carbocycles. The first-order chi connectivity index (χ1) is 14.9. The molecular weight excluding hydrogens is 449 g/mol. The maximum Gasteiger partial charge on any atom is 0.314 e. The molecule has 3 atom stereocenters. The van der Waals surface area contributed by atoms with E-state index in [0.717, 1.165) is 5.69 Å². The lowest BCUT2D eigenvalue weighted by molar-refractivity contribution is -0.156. The van der Waals surface area contributed by atoms with Crippen molar-refractivity contribution in [1.29, 1.82) is 0 Å².